The van der Waals surface area contributed by atoms with E-state index in [1.165, 1.54) is 13.2 Å². The fourth-order valence-corrected chi connectivity index (χ4v) is 2.25. The number of ether oxygens (including phenoxy) is 3. The summed E-state index contributed by atoms with van der Waals surface area (Å²) in [6, 6.07) is 4.44. The molecule has 1 amide bonds. The van der Waals surface area contributed by atoms with Crippen molar-refractivity contribution in [1.82, 2.24) is 10.6 Å². The van der Waals surface area contributed by atoms with Gasteiger partial charge in [0.15, 0.2) is 11.5 Å². The van der Waals surface area contributed by atoms with Crippen LogP contribution in [0.5, 0.6) is 11.5 Å². The van der Waals surface area contributed by atoms with Crippen LogP contribution in [-0.4, -0.2) is 52.0 Å². The Morgan fingerprint density at radius 3 is 2.88 bits per heavy atom. The fraction of sp³-hybridized carbons (Fsp3) is 0.533. The van der Waals surface area contributed by atoms with Crippen LogP contribution >= 0.6 is 12.4 Å². The molecule has 1 heterocycles. The summed E-state index contributed by atoms with van der Waals surface area (Å²) < 4.78 is 39.4. The van der Waals surface area contributed by atoms with Gasteiger partial charge in [-0.3, -0.25) is 4.79 Å². The van der Waals surface area contributed by atoms with E-state index in [1.807, 2.05) is 0 Å². The molecule has 1 aliphatic heterocycles. The fourth-order valence-electron chi connectivity index (χ4n) is 2.25. The Morgan fingerprint density at radius 1 is 1.46 bits per heavy atom. The quantitative estimate of drug-likeness (QED) is 0.762. The van der Waals surface area contributed by atoms with Gasteiger partial charge < -0.3 is 24.8 Å². The van der Waals surface area contributed by atoms with Crippen molar-refractivity contribution in [2.45, 2.75) is 19.1 Å². The van der Waals surface area contributed by atoms with Crippen molar-refractivity contribution in [2.24, 2.45) is 0 Å². The van der Waals surface area contributed by atoms with E-state index >= 15 is 0 Å². The van der Waals surface area contributed by atoms with Gasteiger partial charge in [0.1, 0.15) is 6.04 Å². The molecule has 1 unspecified atom stereocenters. The van der Waals surface area contributed by atoms with Crippen molar-refractivity contribution in [3.8, 4) is 11.5 Å². The monoisotopic (exact) mass is 366 g/mol. The molecule has 9 heteroatoms. The lowest BCUT2D eigenvalue weighted by Crippen LogP contribution is -2.51. The predicted octanol–water partition coefficient (Wildman–Crippen LogP) is 1.37. The molecule has 136 valence electrons. The molecular formula is C15H21ClF2N2O4. The predicted molar refractivity (Wildman–Crippen MR) is 86.2 cm³/mol. The van der Waals surface area contributed by atoms with Crippen LogP contribution < -0.4 is 20.1 Å². The second-order valence-electron chi connectivity index (χ2n) is 4.99. The Kier molecular flexibility index (Phi) is 8.73. The van der Waals surface area contributed by atoms with Crippen molar-refractivity contribution >= 4 is 18.3 Å². The summed E-state index contributed by atoms with van der Waals surface area (Å²) in [5.74, 6) is 0.0811. The lowest BCUT2D eigenvalue weighted by Gasteiger charge is -2.22. The highest BCUT2D eigenvalue weighted by atomic mass is 35.5. The Bertz CT molecular complexity index is 528. The van der Waals surface area contributed by atoms with Crippen LogP contribution in [0.1, 0.15) is 5.56 Å². The first-order valence-electron chi connectivity index (χ1n) is 7.30. The minimum absolute atomic E-state index is 0. The van der Waals surface area contributed by atoms with Gasteiger partial charge in [-0.25, -0.2) is 0 Å². The Hall–Kier alpha value is -1.64. The number of morpholine rings is 1. The molecule has 0 aliphatic carbocycles. The zero-order valence-electron chi connectivity index (χ0n) is 13.2. The molecule has 6 nitrogen and oxygen atoms in total. The number of rotatable bonds is 7. The van der Waals surface area contributed by atoms with Gasteiger partial charge in [0.25, 0.3) is 0 Å². The molecule has 1 fully saturated rings. The van der Waals surface area contributed by atoms with Crippen LogP contribution in [0.4, 0.5) is 8.78 Å². The Labute approximate surface area is 145 Å². The lowest BCUT2D eigenvalue weighted by molar-refractivity contribution is -0.125. The van der Waals surface area contributed by atoms with E-state index in [9.17, 15) is 13.6 Å². The second kappa shape index (κ2) is 10.3. The highest BCUT2D eigenvalue weighted by Crippen LogP contribution is 2.29. The van der Waals surface area contributed by atoms with Gasteiger partial charge >= 0.3 is 6.61 Å². The third-order valence-corrected chi connectivity index (χ3v) is 3.40. The highest BCUT2D eigenvalue weighted by molar-refractivity contribution is 5.85. The van der Waals surface area contributed by atoms with Gasteiger partial charge in [0.05, 0.1) is 20.3 Å². The van der Waals surface area contributed by atoms with Gasteiger partial charge in [0.2, 0.25) is 5.91 Å². The molecule has 1 aliphatic rings. The van der Waals surface area contributed by atoms with Crippen molar-refractivity contribution in [1.29, 1.82) is 0 Å². The molecular weight excluding hydrogens is 346 g/mol. The third kappa shape index (κ3) is 6.10. The maximum atomic E-state index is 12.4. The summed E-state index contributed by atoms with van der Waals surface area (Å²) in [6.45, 7) is -0.942. The first-order valence-corrected chi connectivity index (χ1v) is 7.30. The number of carbonyl (C=O) groups is 1. The number of hydrogen-bond donors (Lipinski definition) is 2. The van der Waals surface area contributed by atoms with Crippen LogP contribution in [0.25, 0.3) is 0 Å². The molecule has 1 atom stereocenters. The van der Waals surface area contributed by atoms with Crippen LogP contribution in [0, 0.1) is 0 Å². The zero-order valence-corrected chi connectivity index (χ0v) is 14.0. The molecule has 0 bridgehead atoms. The number of amides is 1. The van der Waals surface area contributed by atoms with Gasteiger partial charge in [-0.05, 0) is 24.1 Å². The smallest absolute Gasteiger partial charge is 0.387 e. The van der Waals surface area contributed by atoms with E-state index in [1.54, 1.807) is 12.1 Å². The van der Waals surface area contributed by atoms with E-state index in [4.69, 9.17) is 9.47 Å². The number of benzene rings is 1. The molecule has 2 rings (SSSR count). The average Bonchev–Trinajstić information content (AvgIpc) is 2.55. The maximum Gasteiger partial charge on any atom is 0.387 e. The van der Waals surface area contributed by atoms with E-state index < -0.39 is 6.61 Å². The van der Waals surface area contributed by atoms with Crippen molar-refractivity contribution in [3.05, 3.63) is 23.8 Å². The van der Waals surface area contributed by atoms with Crippen LogP contribution in [0.2, 0.25) is 0 Å². The maximum absolute atomic E-state index is 12.4. The van der Waals surface area contributed by atoms with Gasteiger partial charge in [-0.1, -0.05) is 6.07 Å². The van der Waals surface area contributed by atoms with Crippen LogP contribution in [0.15, 0.2) is 18.2 Å². The SMILES string of the molecule is COc1ccc(CCNC(=O)C2COCCN2)cc1OC(F)F.Cl. The molecule has 0 saturated carbocycles. The minimum atomic E-state index is -2.92. The molecule has 1 aromatic rings. The van der Waals surface area contributed by atoms with Crippen molar-refractivity contribution in [2.75, 3.05) is 33.4 Å². The number of methoxy groups -OCH3 is 1. The minimum Gasteiger partial charge on any atom is -0.493 e. The second-order valence-corrected chi connectivity index (χ2v) is 4.99. The van der Waals surface area contributed by atoms with E-state index in [0.717, 1.165) is 5.56 Å². The number of alkyl halides is 2. The number of carbonyl (C=O) groups excluding carboxylic acids is 1. The van der Waals surface area contributed by atoms with Gasteiger partial charge in [0, 0.05) is 13.1 Å². The summed E-state index contributed by atoms with van der Waals surface area (Å²) in [5.41, 5.74) is 0.759. The number of halogens is 3. The van der Waals surface area contributed by atoms with E-state index in [0.29, 0.717) is 32.7 Å². The topological polar surface area (TPSA) is 68.8 Å². The molecule has 0 radical (unpaired) electrons. The molecule has 1 aromatic carbocycles. The number of hydrogen-bond acceptors (Lipinski definition) is 5. The summed E-state index contributed by atoms with van der Waals surface area (Å²) in [5, 5.41) is 5.84. The molecule has 0 aromatic heterocycles. The first kappa shape index (κ1) is 20.4. The van der Waals surface area contributed by atoms with Gasteiger partial charge in [-0.15, -0.1) is 12.4 Å². The molecule has 24 heavy (non-hydrogen) atoms. The Balaban J connectivity index is 0.00000288. The zero-order chi connectivity index (χ0) is 16.7. The van der Waals surface area contributed by atoms with E-state index in [-0.39, 0.29) is 35.9 Å². The standard InChI is InChI=1S/C15H20F2N2O4.ClH/c1-21-12-3-2-10(8-13(12)23-15(16)17)4-5-19-14(20)11-9-22-7-6-18-11;/h2-3,8,11,15,18H,4-7,9H2,1H3,(H,19,20);1H. The lowest BCUT2D eigenvalue weighted by atomic mass is 10.1. The molecule has 2 N–H and O–H groups in total. The van der Waals surface area contributed by atoms with Crippen LogP contribution in [0.3, 0.4) is 0 Å². The number of nitrogens with one attached hydrogen (secondary N) is 2. The summed E-state index contributed by atoms with van der Waals surface area (Å²) in [7, 11) is 1.38. The highest BCUT2D eigenvalue weighted by Gasteiger charge is 2.20. The summed E-state index contributed by atoms with van der Waals surface area (Å²) in [4.78, 5) is 11.9. The first-order chi connectivity index (χ1) is 11.1. The summed E-state index contributed by atoms with van der Waals surface area (Å²) in [6.07, 6.45) is 0.489. The van der Waals surface area contributed by atoms with E-state index in [2.05, 4.69) is 15.4 Å². The summed E-state index contributed by atoms with van der Waals surface area (Å²) >= 11 is 0. The average molecular weight is 367 g/mol. The van der Waals surface area contributed by atoms with Gasteiger partial charge in [-0.2, -0.15) is 8.78 Å². The normalized spacial score (nSPS) is 17.1. The van der Waals surface area contributed by atoms with Crippen molar-refractivity contribution < 1.29 is 27.8 Å². The Morgan fingerprint density at radius 2 is 2.25 bits per heavy atom. The largest absolute Gasteiger partial charge is 0.493 e. The van der Waals surface area contributed by atoms with Crippen LogP contribution in [-0.2, 0) is 16.0 Å². The van der Waals surface area contributed by atoms with Crippen molar-refractivity contribution in [3.63, 3.8) is 0 Å². The molecule has 0 spiro atoms. The third-order valence-electron chi connectivity index (χ3n) is 3.40. The molecule has 1 saturated heterocycles.